The summed E-state index contributed by atoms with van der Waals surface area (Å²) in [6.07, 6.45) is 0.625. The SMILES string of the molecule is CC(C)C(N=C(NS(=O)(=O)c1ccccc1)N1CCC(c2ccccc2)C(c2ccc(Cl)cc2)=N1)C(N)=O. The highest BCUT2D eigenvalue weighted by Crippen LogP contribution is 2.30. The summed E-state index contributed by atoms with van der Waals surface area (Å²) in [4.78, 5) is 16.8. The molecular formula is C28H30ClN5O3S. The van der Waals surface area contributed by atoms with Crippen molar-refractivity contribution in [3.8, 4) is 0 Å². The molecule has 0 radical (unpaired) electrons. The zero-order valence-corrected chi connectivity index (χ0v) is 22.7. The van der Waals surface area contributed by atoms with Crippen molar-refractivity contribution in [1.82, 2.24) is 9.73 Å². The normalized spacial score (nSPS) is 17.2. The third-order valence-electron chi connectivity index (χ3n) is 6.24. The first kappa shape index (κ1) is 27.3. The van der Waals surface area contributed by atoms with Crippen molar-refractivity contribution in [2.75, 3.05) is 6.54 Å². The number of hydrogen-bond donors (Lipinski definition) is 2. The van der Waals surface area contributed by atoms with Crippen LogP contribution in [0.4, 0.5) is 0 Å². The average Bonchev–Trinajstić information content (AvgIpc) is 2.91. The maximum Gasteiger partial charge on any atom is 0.264 e. The van der Waals surface area contributed by atoms with E-state index < -0.39 is 22.0 Å². The second-order valence-electron chi connectivity index (χ2n) is 9.33. The molecule has 38 heavy (non-hydrogen) atoms. The van der Waals surface area contributed by atoms with E-state index >= 15 is 0 Å². The van der Waals surface area contributed by atoms with Crippen molar-refractivity contribution in [2.45, 2.75) is 37.1 Å². The Hall–Kier alpha value is -3.69. The maximum absolute atomic E-state index is 13.3. The van der Waals surface area contributed by atoms with E-state index in [4.69, 9.17) is 22.4 Å². The van der Waals surface area contributed by atoms with Crippen molar-refractivity contribution >= 4 is 39.2 Å². The van der Waals surface area contributed by atoms with E-state index in [0.29, 0.717) is 18.0 Å². The highest BCUT2D eigenvalue weighted by atomic mass is 35.5. The van der Waals surface area contributed by atoms with Crippen molar-refractivity contribution in [3.63, 3.8) is 0 Å². The predicted octanol–water partition coefficient (Wildman–Crippen LogP) is 4.38. The van der Waals surface area contributed by atoms with E-state index in [2.05, 4.69) is 9.71 Å². The number of aliphatic imine (C=N–C) groups is 1. The predicted molar refractivity (Wildman–Crippen MR) is 151 cm³/mol. The van der Waals surface area contributed by atoms with Crippen LogP contribution in [0, 0.1) is 5.92 Å². The van der Waals surface area contributed by atoms with E-state index in [0.717, 1.165) is 16.8 Å². The van der Waals surface area contributed by atoms with Gasteiger partial charge in [-0.3, -0.25) is 4.79 Å². The Balaban J connectivity index is 1.82. The summed E-state index contributed by atoms with van der Waals surface area (Å²) in [5.74, 6) is -1.02. The van der Waals surface area contributed by atoms with Gasteiger partial charge in [-0.05, 0) is 47.7 Å². The first-order chi connectivity index (χ1) is 18.2. The van der Waals surface area contributed by atoms with Gasteiger partial charge in [-0.25, -0.2) is 23.1 Å². The zero-order chi connectivity index (χ0) is 27.3. The van der Waals surface area contributed by atoms with E-state index in [1.165, 1.54) is 17.1 Å². The molecule has 8 nitrogen and oxygen atoms in total. The number of halogens is 1. The van der Waals surface area contributed by atoms with Crippen molar-refractivity contribution in [1.29, 1.82) is 0 Å². The smallest absolute Gasteiger partial charge is 0.264 e. The number of guanidine groups is 1. The van der Waals surface area contributed by atoms with Crippen molar-refractivity contribution in [3.05, 3.63) is 101 Å². The number of nitrogens with one attached hydrogen (secondary N) is 1. The minimum atomic E-state index is -4.02. The molecule has 198 valence electrons. The van der Waals surface area contributed by atoms with Gasteiger partial charge in [-0.1, -0.05) is 86.1 Å². The lowest BCUT2D eigenvalue weighted by Crippen LogP contribution is -2.47. The van der Waals surface area contributed by atoms with E-state index in [1.54, 1.807) is 44.2 Å². The number of hydrogen-bond acceptors (Lipinski definition) is 5. The minimum absolute atomic E-state index is 0.0438. The molecule has 3 aromatic carbocycles. The molecule has 0 saturated carbocycles. The number of rotatable bonds is 7. The zero-order valence-electron chi connectivity index (χ0n) is 21.2. The fraction of sp³-hybridized carbons (Fsp3) is 0.250. The molecule has 3 aromatic rings. The van der Waals surface area contributed by atoms with Gasteiger partial charge in [0.15, 0.2) is 0 Å². The number of amides is 1. The molecule has 0 aliphatic carbocycles. The summed E-state index contributed by atoms with van der Waals surface area (Å²) >= 11 is 6.14. The number of primary amides is 1. The summed E-state index contributed by atoms with van der Waals surface area (Å²) in [6, 6.07) is 24.3. The number of nitrogens with zero attached hydrogens (tertiary/aromatic N) is 3. The van der Waals surface area contributed by atoms with Crippen molar-refractivity contribution < 1.29 is 13.2 Å². The van der Waals surface area contributed by atoms with Gasteiger partial charge in [0.1, 0.15) is 6.04 Å². The van der Waals surface area contributed by atoms with Crippen LogP contribution in [0.3, 0.4) is 0 Å². The van der Waals surface area contributed by atoms with Crippen LogP contribution in [0.1, 0.15) is 37.3 Å². The number of benzene rings is 3. The Bertz CT molecular complexity index is 1430. The van der Waals surface area contributed by atoms with Gasteiger partial charge in [0.05, 0.1) is 10.6 Å². The Kier molecular flexibility index (Phi) is 8.48. The summed E-state index contributed by atoms with van der Waals surface area (Å²) in [6.45, 7) is 3.95. The Morgan fingerprint density at radius 1 is 1.03 bits per heavy atom. The van der Waals surface area contributed by atoms with Gasteiger partial charge < -0.3 is 5.73 Å². The van der Waals surface area contributed by atoms with Crippen LogP contribution in [-0.4, -0.2) is 43.6 Å². The molecule has 2 atom stereocenters. The molecular weight excluding hydrogens is 522 g/mol. The van der Waals surface area contributed by atoms with Gasteiger partial charge in [-0.15, -0.1) is 0 Å². The molecule has 3 N–H and O–H groups in total. The van der Waals surface area contributed by atoms with Gasteiger partial charge in [0.25, 0.3) is 10.0 Å². The molecule has 0 saturated heterocycles. The fourth-order valence-corrected chi connectivity index (χ4v) is 5.44. The summed E-state index contributed by atoms with van der Waals surface area (Å²) < 4.78 is 29.1. The third-order valence-corrected chi connectivity index (χ3v) is 7.83. The van der Waals surface area contributed by atoms with Gasteiger partial charge >= 0.3 is 0 Å². The molecule has 1 amide bonds. The first-order valence-corrected chi connectivity index (χ1v) is 14.1. The quantitative estimate of drug-likeness (QED) is 0.335. The van der Waals surface area contributed by atoms with Crippen LogP contribution in [0.25, 0.3) is 0 Å². The molecule has 1 aliphatic heterocycles. The molecule has 10 heteroatoms. The minimum Gasteiger partial charge on any atom is -0.368 e. The summed E-state index contributed by atoms with van der Waals surface area (Å²) in [5.41, 5.74) is 8.28. The Morgan fingerprint density at radius 3 is 2.21 bits per heavy atom. The standard InChI is InChI=1S/C28H30ClN5O3S/c1-19(2)25(27(30)35)31-28(33-38(36,37)23-11-7-4-8-12-23)34-18-17-24(20-9-5-3-6-10-20)26(32-34)21-13-15-22(29)16-14-21/h3-16,19,24-25H,17-18H2,1-2H3,(H2,30,35)(H,31,33). The third kappa shape index (κ3) is 6.41. The van der Waals surface area contributed by atoms with E-state index in [9.17, 15) is 13.2 Å². The van der Waals surface area contributed by atoms with Gasteiger partial charge in [-0.2, -0.15) is 5.10 Å². The second kappa shape index (κ2) is 11.8. The number of hydrazone groups is 1. The number of carbonyl (C=O) groups is 1. The lowest BCUT2D eigenvalue weighted by Gasteiger charge is -2.32. The molecule has 1 heterocycles. The molecule has 4 rings (SSSR count). The highest BCUT2D eigenvalue weighted by Gasteiger charge is 2.31. The molecule has 0 spiro atoms. The van der Waals surface area contributed by atoms with E-state index in [1.807, 2.05) is 42.5 Å². The molecule has 0 fully saturated rings. The van der Waals surface area contributed by atoms with Gasteiger partial charge in [0.2, 0.25) is 11.9 Å². The fourth-order valence-electron chi connectivity index (χ4n) is 4.28. The number of sulfonamides is 1. The Morgan fingerprint density at radius 2 is 1.63 bits per heavy atom. The Labute approximate surface area is 228 Å². The maximum atomic E-state index is 13.3. The first-order valence-electron chi connectivity index (χ1n) is 12.3. The van der Waals surface area contributed by atoms with Crippen LogP contribution >= 0.6 is 11.6 Å². The number of nitrogens with two attached hydrogens (primary N) is 1. The largest absolute Gasteiger partial charge is 0.368 e. The van der Waals surface area contributed by atoms with Crippen LogP contribution in [0.5, 0.6) is 0 Å². The second-order valence-corrected chi connectivity index (χ2v) is 11.4. The van der Waals surface area contributed by atoms with Crippen molar-refractivity contribution in [2.24, 2.45) is 21.7 Å². The van der Waals surface area contributed by atoms with Gasteiger partial charge in [0, 0.05) is 17.5 Å². The molecule has 0 aromatic heterocycles. The molecule has 0 bridgehead atoms. The van der Waals surface area contributed by atoms with Crippen LogP contribution in [0.2, 0.25) is 5.02 Å². The average molecular weight is 552 g/mol. The lowest BCUT2D eigenvalue weighted by molar-refractivity contribution is -0.120. The number of carbonyl (C=O) groups excluding carboxylic acids is 1. The highest BCUT2D eigenvalue weighted by molar-refractivity contribution is 7.90. The van der Waals surface area contributed by atoms with Crippen LogP contribution in [-0.2, 0) is 14.8 Å². The van der Waals surface area contributed by atoms with Crippen LogP contribution in [0.15, 0.2) is 99.9 Å². The molecule has 2 unspecified atom stereocenters. The lowest BCUT2D eigenvalue weighted by atomic mass is 9.86. The van der Waals surface area contributed by atoms with Crippen LogP contribution < -0.4 is 10.5 Å². The monoisotopic (exact) mass is 551 g/mol. The van der Waals surface area contributed by atoms with E-state index in [-0.39, 0.29) is 22.7 Å². The topological polar surface area (TPSA) is 117 Å². The summed E-state index contributed by atoms with van der Waals surface area (Å²) in [5, 5.41) is 6.98. The molecule has 1 aliphatic rings. The summed E-state index contributed by atoms with van der Waals surface area (Å²) in [7, 11) is -4.02.